The summed E-state index contributed by atoms with van der Waals surface area (Å²) in [4.78, 5) is 8.47. The maximum absolute atomic E-state index is 9.46. The lowest BCUT2D eigenvalue weighted by atomic mass is 10.2. The molecule has 2 rings (SSSR count). The second-order valence-electron chi connectivity index (χ2n) is 3.31. The molecule has 1 unspecified atom stereocenters. The molecule has 0 aromatic carbocycles. The van der Waals surface area contributed by atoms with E-state index in [4.69, 9.17) is 0 Å². The summed E-state index contributed by atoms with van der Waals surface area (Å²) in [7, 11) is 0. The quantitative estimate of drug-likeness (QED) is 0.910. The highest BCUT2D eigenvalue weighted by Gasteiger charge is 2.07. The molecule has 2 aromatic rings. The molecule has 0 saturated carbocycles. The number of aliphatic hydroxyl groups excluding tert-OH is 1. The Labute approximate surface area is 102 Å². The van der Waals surface area contributed by atoms with Crippen LogP contribution in [-0.4, -0.2) is 19.4 Å². The van der Waals surface area contributed by atoms with Crippen LogP contribution in [0, 0.1) is 6.92 Å². The molecule has 0 fully saturated rings. The van der Waals surface area contributed by atoms with E-state index in [1.54, 1.807) is 19.2 Å². The van der Waals surface area contributed by atoms with Gasteiger partial charge in [-0.25, -0.2) is 9.97 Å². The van der Waals surface area contributed by atoms with E-state index in [0.29, 0.717) is 0 Å². The summed E-state index contributed by atoms with van der Waals surface area (Å²) in [6.07, 6.45) is 1.22. The van der Waals surface area contributed by atoms with Gasteiger partial charge in [-0.3, -0.25) is 0 Å². The first-order chi connectivity index (χ1) is 7.65. The van der Waals surface area contributed by atoms with E-state index in [-0.39, 0.29) is 0 Å². The molecule has 4 nitrogen and oxygen atoms in total. The zero-order chi connectivity index (χ0) is 11.5. The highest BCUT2D eigenvalue weighted by molar-refractivity contribution is 8.00. The topological polar surface area (TPSA) is 58.9 Å². The standard InChI is InChI=1S/C10H11N3OS2/c1-6(14)8-3-4-11-9(5-8)15-10-12-7(2)13-16-10/h3-6,14H,1-2H3. The van der Waals surface area contributed by atoms with Crippen molar-refractivity contribution in [1.29, 1.82) is 0 Å². The fourth-order valence-corrected chi connectivity index (χ4v) is 2.76. The molecule has 0 aliphatic heterocycles. The molecular formula is C10H11N3OS2. The summed E-state index contributed by atoms with van der Waals surface area (Å²) in [5.74, 6) is 0.777. The first-order valence-electron chi connectivity index (χ1n) is 4.77. The van der Waals surface area contributed by atoms with Gasteiger partial charge in [0.05, 0.1) is 6.10 Å². The minimum absolute atomic E-state index is 0.474. The predicted octanol–water partition coefficient (Wildman–Crippen LogP) is 2.45. The van der Waals surface area contributed by atoms with E-state index in [2.05, 4.69) is 14.3 Å². The van der Waals surface area contributed by atoms with Crippen molar-refractivity contribution in [2.24, 2.45) is 0 Å². The van der Waals surface area contributed by atoms with Gasteiger partial charge < -0.3 is 5.11 Å². The Morgan fingerprint density at radius 3 is 2.94 bits per heavy atom. The zero-order valence-electron chi connectivity index (χ0n) is 8.91. The third kappa shape index (κ3) is 2.78. The van der Waals surface area contributed by atoms with Crippen LogP contribution in [-0.2, 0) is 0 Å². The summed E-state index contributed by atoms with van der Waals surface area (Å²) in [5.41, 5.74) is 0.860. The van der Waals surface area contributed by atoms with Crippen molar-refractivity contribution < 1.29 is 5.11 Å². The lowest BCUT2D eigenvalue weighted by Gasteiger charge is -2.04. The molecule has 1 atom stereocenters. The van der Waals surface area contributed by atoms with Crippen LogP contribution in [0.25, 0.3) is 0 Å². The third-order valence-corrected chi connectivity index (χ3v) is 3.72. The molecule has 0 aliphatic rings. The molecule has 2 heterocycles. The molecule has 2 aromatic heterocycles. The minimum atomic E-state index is -0.474. The average Bonchev–Trinajstić information content (AvgIpc) is 2.64. The van der Waals surface area contributed by atoms with E-state index < -0.39 is 6.10 Å². The smallest absolute Gasteiger partial charge is 0.176 e. The maximum atomic E-state index is 9.46. The zero-order valence-corrected chi connectivity index (χ0v) is 10.5. The average molecular weight is 253 g/mol. The summed E-state index contributed by atoms with van der Waals surface area (Å²) < 4.78 is 4.97. The monoisotopic (exact) mass is 253 g/mol. The number of aryl methyl sites for hydroxylation is 1. The minimum Gasteiger partial charge on any atom is -0.389 e. The van der Waals surface area contributed by atoms with E-state index in [9.17, 15) is 5.11 Å². The molecule has 16 heavy (non-hydrogen) atoms. The Kier molecular flexibility index (Phi) is 3.52. The van der Waals surface area contributed by atoms with Crippen molar-refractivity contribution in [1.82, 2.24) is 14.3 Å². The van der Waals surface area contributed by atoms with E-state index in [0.717, 1.165) is 20.8 Å². The SMILES string of the molecule is Cc1nsc(Sc2cc(C(C)O)ccn2)n1. The predicted molar refractivity (Wildman–Crippen MR) is 63.6 cm³/mol. The van der Waals surface area contributed by atoms with E-state index in [1.807, 2.05) is 13.0 Å². The molecule has 1 N–H and O–H groups in total. The maximum Gasteiger partial charge on any atom is 0.176 e. The van der Waals surface area contributed by atoms with Crippen LogP contribution in [0.3, 0.4) is 0 Å². The molecule has 6 heteroatoms. The Hall–Kier alpha value is -0.980. The molecule has 84 valence electrons. The molecule has 0 spiro atoms. The van der Waals surface area contributed by atoms with Crippen LogP contribution in [0.5, 0.6) is 0 Å². The first kappa shape index (κ1) is 11.5. The first-order valence-corrected chi connectivity index (χ1v) is 6.36. The highest BCUT2D eigenvalue weighted by atomic mass is 32.2. The summed E-state index contributed by atoms with van der Waals surface area (Å²) in [6.45, 7) is 3.60. The number of hydrogen-bond donors (Lipinski definition) is 1. The van der Waals surface area contributed by atoms with Crippen LogP contribution in [0.1, 0.15) is 24.4 Å². The van der Waals surface area contributed by atoms with Gasteiger partial charge in [0, 0.05) is 6.20 Å². The number of nitrogens with zero attached hydrogens (tertiary/aromatic N) is 3. The van der Waals surface area contributed by atoms with Crippen LogP contribution in [0.4, 0.5) is 0 Å². The summed E-state index contributed by atoms with van der Waals surface area (Å²) in [6, 6.07) is 3.67. The molecule has 0 saturated heterocycles. The summed E-state index contributed by atoms with van der Waals surface area (Å²) in [5, 5.41) is 10.3. The molecule has 0 bridgehead atoms. The van der Waals surface area contributed by atoms with Gasteiger partial charge in [0.1, 0.15) is 10.9 Å². The van der Waals surface area contributed by atoms with Crippen LogP contribution in [0.15, 0.2) is 27.7 Å². The van der Waals surface area contributed by atoms with Crippen molar-refractivity contribution >= 4 is 23.3 Å². The van der Waals surface area contributed by atoms with Gasteiger partial charge in [-0.1, -0.05) is 0 Å². The van der Waals surface area contributed by atoms with Gasteiger partial charge >= 0.3 is 0 Å². The fourth-order valence-electron chi connectivity index (χ4n) is 1.15. The van der Waals surface area contributed by atoms with E-state index in [1.165, 1.54) is 23.3 Å². The van der Waals surface area contributed by atoms with Gasteiger partial charge in [0.2, 0.25) is 0 Å². The molecular weight excluding hydrogens is 242 g/mol. The van der Waals surface area contributed by atoms with Crippen LogP contribution in [0.2, 0.25) is 0 Å². The van der Waals surface area contributed by atoms with Crippen molar-refractivity contribution in [3.63, 3.8) is 0 Å². The van der Waals surface area contributed by atoms with Gasteiger partial charge in [0.25, 0.3) is 0 Å². The largest absolute Gasteiger partial charge is 0.389 e. The number of aromatic nitrogens is 3. The molecule has 0 aliphatic carbocycles. The number of aliphatic hydroxyl groups is 1. The number of rotatable bonds is 3. The second kappa shape index (κ2) is 4.90. The fraction of sp³-hybridized carbons (Fsp3) is 0.300. The van der Waals surface area contributed by atoms with Gasteiger partial charge in [-0.05, 0) is 54.8 Å². The van der Waals surface area contributed by atoms with Gasteiger partial charge in [-0.2, -0.15) is 4.37 Å². The van der Waals surface area contributed by atoms with Crippen molar-refractivity contribution in [3.05, 3.63) is 29.7 Å². The third-order valence-electron chi connectivity index (χ3n) is 1.94. The Morgan fingerprint density at radius 2 is 2.31 bits per heavy atom. The lowest BCUT2D eigenvalue weighted by molar-refractivity contribution is 0.199. The normalized spacial score (nSPS) is 12.7. The van der Waals surface area contributed by atoms with E-state index >= 15 is 0 Å². The highest BCUT2D eigenvalue weighted by Crippen LogP contribution is 2.28. The number of pyridine rings is 1. The number of hydrogen-bond acceptors (Lipinski definition) is 6. The van der Waals surface area contributed by atoms with Crippen LogP contribution >= 0.6 is 23.3 Å². The van der Waals surface area contributed by atoms with Crippen LogP contribution < -0.4 is 0 Å². The van der Waals surface area contributed by atoms with Gasteiger partial charge in [0.15, 0.2) is 4.34 Å². The van der Waals surface area contributed by atoms with Crippen molar-refractivity contribution in [2.45, 2.75) is 29.3 Å². The molecule has 0 amide bonds. The van der Waals surface area contributed by atoms with Gasteiger partial charge in [-0.15, -0.1) is 0 Å². The molecule has 0 radical (unpaired) electrons. The lowest BCUT2D eigenvalue weighted by Crippen LogP contribution is -1.92. The van der Waals surface area contributed by atoms with Crippen molar-refractivity contribution in [3.8, 4) is 0 Å². The summed E-state index contributed by atoms with van der Waals surface area (Å²) >= 11 is 2.82. The Balaban J connectivity index is 2.18. The Bertz CT molecular complexity index is 484. The second-order valence-corrected chi connectivity index (χ2v) is 5.33. The Morgan fingerprint density at radius 1 is 1.50 bits per heavy atom. The van der Waals surface area contributed by atoms with Crippen molar-refractivity contribution in [2.75, 3.05) is 0 Å².